The van der Waals surface area contributed by atoms with Gasteiger partial charge in [-0.05, 0) is 44.6 Å². The molecular weight excluding hydrogens is 178 g/mol. The summed E-state index contributed by atoms with van der Waals surface area (Å²) < 4.78 is 0. The molecule has 80 valence electrons. The maximum Gasteiger partial charge on any atom is -0.00188 e. The Bertz CT molecular complexity index is 96.1. The van der Waals surface area contributed by atoms with Crippen LogP contribution >= 0.6 is 12.6 Å². The van der Waals surface area contributed by atoms with Crippen LogP contribution in [0.25, 0.3) is 0 Å². The SMILES string of the molecule is CCCCN(CC)CCCCCS. The summed E-state index contributed by atoms with van der Waals surface area (Å²) >= 11 is 4.21. The number of hydrogen-bond donors (Lipinski definition) is 1. The Morgan fingerprint density at radius 1 is 0.923 bits per heavy atom. The standard InChI is InChI=1S/C11H25NS/c1-3-5-9-12(4-2)10-7-6-8-11-13/h13H,3-11H2,1-2H3. The van der Waals surface area contributed by atoms with E-state index in [4.69, 9.17) is 0 Å². The van der Waals surface area contributed by atoms with Crippen LogP contribution in [0.1, 0.15) is 46.0 Å². The van der Waals surface area contributed by atoms with E-state index in [0.29, 0.717) is 0 Å². The average molecular weight is 203 g/mol. The van der Waals surface area contributed by atoms with E-state index in [1.165, 1.54) is 51.7 Å². The second-order valence-electron chi connectivity index (χ2n) is 3.57. The minimum atomic E-state index is 1.04. The molecule has 0 atom stereocenters. The monoisotopic (exact) mass is 203 g/mol. The van der Waals surface area contributed by atoms with Crippen LogP contribution in [-0.4, -0.2) is 30.3 Å². The topological polar surface area (TPSA) is 3.24 Å². The van der Waals surface area contributed by atoms with Gasteiger partial charge in [-0.3, -0.25) is 0 Å². The number of thiol groups is 1. The van der Waals surface area contributed by atoms with Crippen molar-refractivity contribution in [3.05, 3.63) is 0 Å². The van der Waals surface area contributed by atoms with Gasteiger partial charge in [0.1, 0.15) is 0 Å². The minimum absolute atomic E-state index is 1.04. The van der Waals surface area contributed by atoms with Gasteiger partial charge in [0.15, 0.2) is 0 Å². The maximum absolute atomic E-state index is 4.21. The van der Waals surface area contributed by atoms with Gasteiger partial charge < -0.3 is 4.90 Å². The molecule has 0 N–H and O–H groups in total. The quantitative estimate of drug-likeness (QED) is 0.445. The van der Waals surface area contributed by atoms with Crippen molar-refractivity contribution in [1.29, 1.82) is 0 Å². The predicted molar refractivity (Wildman–Crippen MR) is 64.7 cm³/mol. The molecule has 0 spiro atoms. The van der Waals surface area contributed by atoms with Crippen LogP contribution in [0.2, 0.25) is 0 Å². The third-order valence-corrected chi connectivity index (χ3v) is 2.72. The zero-order valence-corrected chi connectivity index (χ0v) is 10.2. The maximum atomic E-state index is 4.21. The third-order valence-electron chi connectivity index (χ3n) is 2.41. The second-order valence-corrected chi connectivity index (χ2v) is 4.02. The van der Waals surface area contributed by atoms with Gasteiger partial charge in [0.05, 0.1) is 0 Å². The molecule has 13 heavy (non-hydrogen) atoms. The molecule has 0 rings (SSSR count). The van der Waals surface area contributed by atoms with E-state index in [1.807, 2.05) is 0 Å². The molecule has 0 aromatic heterocycles. The predicted octanol–water partition coefficient (Wildman–Crippen LogP) is 3.21. The van der Waals surface area contributed by atoms with Gasteiger partial charge in [-0.1, -0.05) is 26.7 Å². The van der Waals surface area contributed by atoms with Crippen molar-refractivity contribution in [3.63, 3.8) is 0 Å². The van der Waals surface area contributed by atoms with Crippen molar-refractivity contribution < 1.29 is 0 Å². The van der Waals surface area contributed by atoms with Gasteiger partial charge in [0, 0.05) is 0 Å². The van der Waals surface area contributed by atoms with Crippen molar-refractivity contribution >= 4 is 12.6 Å². The number of hydrogen-bond acceptors (Lipinski definition) is 2. The van der Waals surface area contributed by atoms with E-state index in [9.17, 15) is 0 Å². The van der Waals surface area contributed by atoms with Gasteiger partial charge in [-0.25, -0.2) is 0 Å². The number of nitrogens with zero attached hydrogens (tertiary/aromatic N) is 1. The molecule has 2 heteroatoms. The fourth-order valence-electron chi connectivity index (χ4n) is 1.43. The van der Waals surface area contributed by atoms with Gasteiger partial charge in [-0.15, -0.1) is 0 Å². The molecule has 0 radical (unpaired) electrons. The summed E-state index contributed by atoms with van der Waals surface area (Å²) in [6, 6.07) is 0. The molecule has 0 saturated carbocycles. The molecule has 0 saturated heterocycles. The van der Waals surface area contributed by atoms with Gasteiger partial charge in [0.25, 0.3) is 0 Å². The Hall–Kier alpha value is 0.310. The minimum Gasteiger partial charge on any atom is -0.304 e. The average Bonchev–Trinajstić information content (AvgIpc) is 2.17. The molecule has 0 aliphatic carbocycles. The van der Waals surface area contributed by atoms with E-state index in [0.717, 1.165) is 5.75 Å². The first kappa shape index (κ1) is 13.3. The summed E-state index contributed by atoms with van der Waals surface area (Å²) in [5, 5.41) is 0. The summed E-state index contributed by atoms with van der Waals surface area (Å²) in [4.78, 5) is 2.56. The van der Waals surface area contributed by atoms with E-state index in [-0.39, 0.29) is 0 Å². The lowest BCUT2D eigenvalue weighted by Crippen LogP contribution is -2.25. The first-order chi connectivity index (χ1) is 6.35. The third kappa shape index (κ3) is 8.63. The first-order valence-electron chi connectivity index (χ1n) is 5.68. The van der Waals surface area contributed by atoms with Crippen LogP contribution in [0.3, 0.4) is 0 Å². The molecule has 0 bridgehead atoms. The van der Waals surface area contributed by atoms with E-state index < -0.39 is 0 Å². The molecule has 0 fully saturated rings. The van der Waals surface area contributed by atoms with Crippen molar-refractivity contribution in [3.8, 4) is 0 Å². The van der Waals surface area contributed by atoms with Gasteiger partial charge >= 0.3 is 0 Å². The smallest absolute Gasteiger partial charge is 0.00188 e. The van der Waals surface area contributed by atoms with Crippen LogP contribution in [0, 0.1) is 0 Å². The van der Waals surface area contributed by atoms with Crippen LogP contribution in [0.4, 0.5) is 0 Å². The molecule has 0 amide bonds. The Balaban J connectivity index is 3.25. The Kier molecular flexibility index (Phi) is 10.6. The summed E-state index contributed by atoms with van der Waals surface area (Å²) in [6.45, 7) is 8.29. The molecule has 0 aromatic rings. The molecule has 0 aromatic carbocycles. The largest absolute Gasteiger partial charge is 0.304 e. The molecule has 0 aliphatic rings. The van der Waals surface area contributed by atoms with Crippen LogP contribution in [0.15, 0.2) is 0 Å². The molecular formula is C11H25NS. The molecule has 1 nitrogen and oxygen atoms in total. The lowest BCUT2D eigenvalue weighted by Gasteiger charge is -2.19. The van der Waals surface area contributed by atoms with Crippen molar-refractivity contribution in [2.75, 3.05) is 25.4 Å². The summed E-state index contributed by atoms with van der Waals surface area (Å²) in [5.41, 5.74) is 0. The fraction of sp³-hybridized carbons (Fsp3) is 1.00. The Labute approximate surface area is 89.3 Å². The molecule has 0 heterocycles. The lowest BCUT2D eigenvalue weighted by molar-refractivity contribution is 0.277. The number of rotatable bonds is 9. The highest BCUT2D eigenvalue weighted by Gasteiger charge is 1.99. The van der Waals surface area contributed by atoms with Crippen LogP contribution < -0.4 is 0 Å². The molecule has 0 aliphatic heterocycles. The highest BCUT2D eigenvalue weighted by atomic mass is 32.1. The Morgan fingerprint density at radius 3 is 2.15 bits per heavy atom. The summed E-state index contributed by atoms with van der Waals surface area (Å²) in [6.07, 6.45) is 6.62. The van der Waals surface area contributed by atoms with E-state index in [2.05, 4.69) is 31.4 Å². The van der Waals surface area contributed by atoms with Crippen molar-refractivity contribution in [1.82, 2.24) is 4.90 Å². The van der Waals surface area contributed by atoms with Gasteiger partial charge in [-0.2, -0.15) is 12.6 Å². The van der Waals surface area contributed by atoms with Crippen LogP contribution in [-0.2, 0) is 0 Å². The Morgan fingerprint density at radius 2 is 1.62 bits per heavy atom. The summed E-state index contributed by atoms with van der Waals surface area (Å²) in [7, 11) is 0. The normalized spacial score (nSPS) is 11.1. The lowest BCUT2D eigenvalue weighted by atomic mass is 10.2. The first-order valence-corrected chi connectivity index (χ1v) is 6.31. The number of unbranched alkanes of at least 4 members (excludes halogenated alkanes) is 3. The molecule has 0 unspecified atom stereocenters. The summed E-state index contributed by atoms with van der Waals surface area (Å²) in [5.74, 6) is 1.04. The van der Waals surface area contributed by atoms with Crippen molar-refractivity contribution in [2.24, 2.45) is 0 Å². The highest BCUT2D eigenvalue weighted by Crippen LogP contribution is 2.01. The zero-order chi connectivity index (χ0) is 9.94. The highest BCUT2D eigenvalue weighted by molar-refractivity contribution is 7.80. The fourth-order valence-corrected chi connectivity index (χ4v) is 1.66. The van der Waals surface area contributed by atoms with Gasteiger partial charge in [0.2, 0.25) is 0 Å². The van der Waals surface area contributed by atoms with E-state index >= 15 is 0 Å². The zero-order valence-electron chi connectivity index (χ0n) is 9.26. The van der Waals surface area contributed by atoms with Crippen molar-refractivity contribution in [2.45, 2.75) is 46.0 Å². The van der Waals surface area contributed by atoms with Crippen LogP contribution in [0.5, 0.6) is 0 Å². The van der Waals surface area contributed by atoms with E-state index in [1.54, 1.807) is 0 Å². The second kappa shape index (κ2) is 10.4.